The number of H-pyrrole nitrogens is 1. The van der Waals surface area contributed by atoms with E-state index in [1.54, 1.807) is 37.3 Å². The van der Waals surface area contributed by atoms with E-state index in [-0.39, 0.29) is 27.2 Å². The third-order valence-electron chi connectivity index (χ3n) is 6.42. The van der Waals surface area contributed by atoms with Gasteiger partial charge in [-0.15, -0.1) is 0 Å². The Hall–Kier alpha value is -4.00. The summed E-state index contributed by atoms with van der Waals surface area (Å²) in [5, 5.41) is 20.7. The van der Waals surface area contributed by atoms with Crippen LogP contribution in [0.25, 0.3) is 21.9 Å². The van der Waals surface area contributed by atoms with E-state index < -0.39 is 15.9 Å². The van der Waals surface area contributed by atoms with Crippen LogP contribution in [0.15, 0.2) is 65.7 Å². The van der Waals surface area contributed by atoms with Crippen LogP contribution in [0, 0.1) is 25.2 Å². The highest BCUT2D eigenvalue weighted by Gasteiger charge is 2.39. The minimum atomic E-state index is -3.98. The van der Waals surface area contributed by atoms with E-state index in [0.717, 1.165) is 9.54 Å². The monoisotopic (exact) mass is 502 g/mol. The Bertz CT molecular complexity index is 1790. The van der Waals surface area contributed by atoms with Crippen molar-refractivity contribution in [1.29, 1.82) is 5.26 Å². The molecule has 0 fully saturated rings. The molecule has 9 heteroatoms. The van der Waals surface area contributed by atoms with Gasteiger partial charge in [0.25, 0.3) is 15.9 Å². The number of aromatic amines is 1. The quantitative estimate of drug-likeness (QED) is 0.353. The Labute approximate surface area is 207 Å². The number of rotatable bonds is 5. The molecule has 2 aromatic heterocycles. The number of fused-ring (bicyclic) bond motifs is 2. The maximum atomic E-state index is 16.4. The second kappa shape index (κ2) is 8.29. The number of aliphatic hydroxyl groups is 1. The van der Waals surface area contributed by atoms with Gasteiger partial charge < -0.3 is 10.1 Å². The number of hydrogen-bond acceptors (Lipinski definition) is 5. The van der Waals surface area contributed by atoms with E-state index in [9.17, 15) is 13.5 Å². The maximum Gasteiger partial charge on any atom is 0.292 e. The molecule has 0 radical (unpaired) electrons. The second-order valence-corrected chi connectivity index (χ2v) is 10.6. The fourth-order valence-electron chi connectivity index (χ4n) is 4.62. The molecule has 0 spiro atoms. The van der Waals surface area contributed by atoms with Gasteiger partial charge in [-0.05, 0) is 67.8 Å². The Kier molecular flexibility index (Phi) is 5.47. The summed E-state index contributed by atoms with van der Waals surface area (Å²) in [6.45, 7) is 5.46. The van der Waals surface area contributed by atoms with Crippen molar-refractivity contribution in [3.05, 3.63) is 94.4 Å². The fraction of sp³-hybridized carbons (Fsp3) is 0.185. The molecule has 0 aliphatic carbocycles. The molecule has 0 saturated heterocycles. The number of aryl methyl sites for hydroxylation is 3. The van der Waals surface area contributed by atoms with Crippen molar-refractivity contribution in [2.24, 2.45) is 0 Å². The number of hydrogen-bond donors (Lipinski definition) is 2. The van der Waals surface area contributed by atoms with Crippen molar-refractivity contribution in [2.45, 2.75) is 37.9 Å². The number of nitrogens with one attached hydrogen (secondary N) is 1. The van der Waals surface area contributed by atoms with E-state index in [4.69, 9.17) is 5.26 Å². The molecule has 182 valence electrons. The average molecular weight is 503 g/mol. The Balaban J connectivity index is 1.75. The zero-order valence-electron chi connectivity index (χ0n) is 19.9. The molecule has 5 rings (SSSR count). The number of nitriles is 1. The Morgan fingerprint density at radius 1 is 1.14 bits per heavy atom. The molecule has 0 aliphatic rings. The highest BCUT2D eigenvalue weighted by molar-refractivity contribution is 7.90. The van der Waals surface area contributed by atoms with Gasteiger partial charge in [0, 0.05) is 17.1 Å². The summed E-state index contributed by atoms with van der Waals surface area (Å²) in [6, 6.07) is 16.4. The lowest BCUT2D eigenvalue weighted by molar-refractivity contribution is -0.0608. The normalized spacial score (nSPS) is 13.7. The van der Waals surface area contributed by atoms with E-state index in [1.807, 2.05) is 19.9 Å². The molecule has 36 heavy (non-hydrogen) atoms. The molecule has 0 amide bonds. The molecule has 3 aromatic carbocycles. The lowest BCUT2D eigenvalue weighted by Crippen LogP contribution is -2.25. The highest BCUT2D eigenvalue weighted by Crippen LogP contribution is 2.40. The van der Waals surface area contributed by atoms with Crippen LogP contribution < -0.4 is 0 Å². The van der Waals surface area contributed by atoms with Crippen LogP contribution in [0.4, 0.5) is 4.39 Å². The first-order valence-corrected chi connectivity index (χ1v) is 12.8. The molecule has 1 atom stereocenters. The summed E-state index contributed by atoms with van der Waals surface area (Å²) in [4.78, 5) is 7.15. The van der Waals surface area contributed by atoms with Crippen LogP contribution in [0.3, 0.4) is 0 Å². The Morgan fingerprint density at radius 3 is 2.53 bits per heavy atom. The van der Waals surface area contributed by atoms with Gasteiger partial charge >= 0.3 is 0 Å². The van der Waals surface area contributed by atoms with Crippen molar-refractivity contribution in [2.75, 3.05) is 0 Å². The lowest BCUT2D eigenvalue weighted by atomic mass is 9.92. The van der Waals surface area contributed by atoms with Crippen LogP contribution in [0.1, 0.15) is 40.6 Å². The van der Waals surface area contributed by atoms with Crippen molar-refractivity contribution in [3.63, 3.8) is 0 Å². The molecule has 0 aliphatic heterocycles. The van der Waals surface area contributed by atoms with Gasteiger partial charge in [-0.2, -0.15) is 9.65 Å². The SMILES string of the molecule is CCc1cc(C)c2c(ccn2S(=O)(=O)c2ccc(C)cc2)c1C(O)(F)c1nc2cc(C#N)ccc2[nH]1. The largest absolute Gasteiger partial charge is 0.352 e. The summed E-state index contributed by atoms with van der Waals surface area (Å²) < 4.78 is 44.5. The standard InChI is InChI=1S/C27H23FN4O3S/c1-4-19-13-17(3)25-21(11-12-32(25)36(34,35)20-8-5-16(2)6-9-20)24(19)27(28,33)26-30-22-10-7-18(15-29)14-23(22)31-26/h5-14,33H,4H2,1-3H3,(H,30,31). The average Bonchev–Trinajstić information content (AvgIpc) is 3.49. The second-order valence-electron chi connectivity index (χ2n) is 8.82. The fourth-order valence-corrected chi connectivity index (χ4v) is 6.03. The highest BCUT2D eigenvalue weighted by atomic mass is 32.2. The van der Waals surface area contributed by atoms with Crippen LogP contribution in [-0.2, 0) is 22.3 Å². The summed E-state index contributed by atoms with van der Waals surface area (Å²) in [5.41, 5.74) is 3.44. The van der Waals surface area contributed by atoms with Gasteiger partial charge in [0.1, 0.15) is 0 Å². The van der Waals surface area contributed by atoms with Gasteiger partial charge in [0.2, 0.25) is 0 Å². The van der Waals surface area contributed by atoms with Gasteiger partial charge in [-0.3, -0.25) is 0 Å². The van der Waals surface area contributed by atoms with E-state index in [0.29, 0.717) is 34.1 Å². The van der Waals surface area contributed by atoms with Crippen LogP contribution >= 0.6 is 0 Å². The lowest BCUT2D eigenvalue weighted by Gasteiger charge is -2.22. The van der Waals surface area contributed by atoms with Gasteiger partial charge in [0.05, 0.1) is 33.1 Å². The van der Waals surface area contributed by atoms with Crippen molar-refractivity contribution >= 4 is 32.0 Å². The summed E-state index contributed by atoms with van der Waals surface area (Å²) in [7, 11) is -3.98. The molecule has 7 nitrogen and oxygen atoms in total. The first-order chi connectivity index (χ1) is 17.1. The van der Waals surface area contributed by atoms with Gasteiger partial charge in [0.15, 0.2) is 5.82 Å². The maximum absolute atomic E-state index is 16.4. The molecule has 2 N–H and O–H groups in total. The zero-order chi connectivity index (χ0) is 25.8. The number of halogens is 1. The first-order valence-electron chi connectivity index (χ1n) is 11.4. The minimum absolute atomic E-state index is 0.0666. The van der Waals surface area contributed by atoms with Gasteiger partial charge in [-0.1, -0.05) is 30.7 Å². The minimum Gasteiger partial charge on any atom is -0.352 e. The van der Waals surface area contributed by atoms with Crippen molar-refractivity contribution < 1.29 is 17.9 Å². The van der Waals surface area contributed by atoms with E-state index in [2.05, 4.69) is 9.97 Å². The van der Waals surface area contributed by atoms with Crippen LogP contribution in [-0.4, -0.2) is 27.5 Å². The molecular formula is C27H23FN4O3S. The first kappa shape index (κ1) is 23.7. The van der Waals surface area contributed by atoms with Crippen LogP contribution in [0.5, 0.6) is 0 Å². The number of alkyl halides is 1. The van der Waals surface area contributed by atoms with Gasteiger partial charge in [-0.25, -0.2) is 17.4 Å². The Morgan fingerprint density at radius 2 is 1.86 bits per heavy atom. The molecule has 0 bridgehead atoms. The molecule has 5 aromatic rings. The summed E-state index contributed by atoms with van der Waals surface area (Å²) >= 11 is 0. The smallest absolute Gasteiger partial charge is 0.292 e. The third kappa shape index (κ3) is 3.58. The zero-order valence-corrected chi connectivity index (χ0v) is 20.7. The number of nitrogens with zero attached hydrogens (tertiary/aromatic N) is 3. The summed E-state index contributed by atoms with van der Waals surface area (Å²) in [5.74, 6) is -3.40. The van der Waals surface area contributed by atoms with Crippen molar-refractivity contribution in [3.8, 4) is 6.07 Å². The van der Waals surface area contributed by atoms with E-state index >= 15 is 4.39 Å². The number of benzene rings is 3. The molecule has 2 heterocycles. The van der Waals surface area contributed by atoms with Crippen molar-refractivity contribution in [1.82, 2.24) is 13.9 Å². The molecule has 0 saturated carbocycles. The number of imidazole rings is 1. The third-order valence-corrected chi connectivity index (χ3v) is 8.11. The summed E-state index contributed by atoms with van der Waals surface area (Å²) in [6.07, 6.45) is 1.77. The predicted octanol–water partition coefficient (Wildman–Crippen LogP) is 4.97. The van der Waals surface area contributed by atoms with Crippen LogP contribution in [0.2, 0.25) is 0 Å². The number of aromatic nitrogens is 3. The molecule has 1 unspecified atom stereocenters. The van der Waals surface area contributed by atoms with E-state index in [1.165, 1.54) is 30.5 Å². The predicted molar refractivity (Wildman–Crippen MR) is 135 cm³/mol. The topological polar surface area (TPSA) is 112 Å². The molecular weight excluding hydrogens is 479 g/mol.